The normalized spacial score (nSPS) is 17.0. The minimum absolute atomic E-state index is 0.665. The lowest BCUT2D eigenvalue weighted by Crippen LogP contribution is -2.24. The van der Waals surface area contributed by atoms with E-state index in [0.717, 1.165) is 28.3 Å². The van der Waals surface area contributed by atoms with Crippen molar-refractivity contribution in [2.45, 2.75) is 38.3 Å². The molecule has 0 saturated heterocycles. The predicted molar refractivity (Wildman–Crippen MR) is 70.3 cm³/mol. The smallest absolute Gasteiger partial charge is 0.135 e. The summed E-state index contributed by atoms with van der Waals surface area (Å²) in [7, 11) is 0. The van der Waals surface area contributed by atoms with Crippen LogP contribution in [0.1, 0.15) is 31.4 Å². The van der Waals surface area contributed by atoms with Gasteiger partial charge >= 0.3 is 0 Å². The molecule has 0 aliphatic heterocycles. The van der Waals surface area contributed by atoms with Crippen molar-refractivity contribution in [1.29, 1.82) is 0 Å². The number of halogens is 1. The molecule has 1 saturated carbocycles. The molecular formula is C14H16ClNO. The van der Waals surface area contributed by atoms with Gasteiger partial charge in [-0.2, -0.15) is 0 Å². The molecule has 1 aliphatic rings. The van der Waals surface area contributed by atoms with Gasteiger partial charge in [-0.05, 0) is 31.0 Å². The van der Waals surface area contributed by atoms with E-state index < -0.39 is 0 Å². The number of furan rings is 1. The van der Waals surface area contributed by atoms with Gasteiger partial charge in [-0.15, -0.1) is 0 Å². The summed E-state index contributed by atoms with van der Waals surface area (Å²) in [4.78, 5) is 0. The van der Waals surface area contributed by atoms with Crippen molar-refractivity contribution >= 4 is 22.6 Å². The number of hydrogen-bond acceptors (Lipinski definition) is 2. The Morgan fingerprint density at radius 2 is 2.12 bits per heavy atom. The third-order valence-corrected chi connectivity index (χ3v) is 3.81. The Kier molecular flexibility index (Phi) is 3.08. The van der Waals surface area contributed by atoms with Crippen LogP contribution in [0.25, 0.3) is 11.0 Å². The van der Waals surface area contributed by atoms with Gasteiger partial charge in [0, 0.05) is 11.4 Å². The van der Waals surface area contributed by atoms with Crippen LogP contribution in [0.2, 0.25) is 5.02 Å². The van der Waals surface area contributed by atoms with Gasteiger partial charge in [0.05, 0.1) is 11.6 Å². The van der Waals surface area contributed by atoms with Crippen LogP contribution < -0.4 is 5.32 Å². The lowest BCUT2D eigenvalue weighted by atomic mass is 10.2. The van der Waals surface area contributed by atoms with Gasteiger partial charge in [0.2, 0.25) is 0 Å². The Morgan fingerprint density at radius 1 is 1.29 bits per heavy atom. The monoisotopic (exact) mass is 249 g/mol. The van der Waals surface area contributed by atoms with Crippen molar-refractivity contribution in [3.05, 3.63) is 35.0 Å². The van der Waals surface area contributed by atoms with Crippen molar-refractivity contribution in [2.24, 2.45) is 0 Å². The van der Waals surface area contributed by atoms with Crippen LogP contribution >= 0.6 is 11.6 Å². The fourth-order valence-corrected chi connectivity index (χ4v) is 2.76. The molecule has 0 bridgehead atoms. The molecular weight excluding hydrogens is 234 g/mol. The van der Waals surface area contributed by atoms with Gasteiger partial charge in [-0.25, -0.2) is 0 Å². The molecule has 1 aromatic carbocycles. The number of rotatable bonds is 3. The van der Waals surface area contributed by atoms with Crippen LogP contribution in [0.15, 0.2) is 28.7 Å². The summed E-state index contributed by atoms with van der Waals surface area (Å²) in [6, 6.07) is 8.48. The Balaban J connectivity index is 1.74. The van der Waals surface area contributed by atoms with E-state index in [2.05, 4.69) is 5.32 Å². The SMILES string of the molecule is Clc1cccc2oc(CNC3CCCC3)cc12. The zero-order chi connectivity index (χ0) is 11.7. The zero-order valence-electron chi connectivity index (χ0n) is 9.71. The number of nitrogens with one attached hydrogen (secondary N) is 1. The highest BCUT2D eigenvalue weighted by Gasteiger charge is 2.15. The van der Waals surface area contributed by atoms with Crippen LogP contribution in [0.3, 0.4) is 0 Å². The lowest BCUT2D eigenvalue weighted by molar-refractivity contribution is 0.462. The van der Waals surface area contributed by atoms with E-state index >= 15 is 0 Å². The number of benzene rings is 1. The maximum Gasteiger partial charge on any atom is 0.135 e. The van der Waals surface area contributed by atoms with Crippen molar-refractivity contribution in [3.63, 3.8) is 0 Å². The van der Waals surface area contributed by atoms with Crippen molar-refractivity contribution in [3.8, 4) is 0 Å². The van der Waals surface area contributed by atoms with Crippen LogP contribution in [0.4, 0.5) is 0 Å². The molecule has 1 aliphatic carbocycles. The van der Waals surface area contributed by atoms with E-state index in [1.807, 2.05) is 24.3 Å². The molecule has 2 aromatic rings. The number of hydrogen-bond donors (Lipinski definition) is 1. The fourth-order valence-electron chi connectivity index (χ4n) is 2.54. The minimum atomic E-state index is 0.665. The first kappa shape index (κ1) is 11.1. The molecule has 1 heterocycles. The summed E-state index contributed by atoms with van der Waals surface area (Å²) < 4.78 is 5.76. The standard InChI is InChI=1S/C14H16ClNO/c15-13-6-3-7-14-12(13)8-11(17-14)9-16-10-4-1-2-5-10/h3,6-8,10,16H,1-2,4-5,9H2. The average molecular weight is 250 g/mol. The summed E-state index contributed by atoms with van der Waals surface area (Å²) in [6.45, 7) is 0.801. The van der Waals surface area contributed by atoms with E-state index in [0.29, 0.717) is 6.04 Å². The van der Waals surface area contributed by atoms with Gasteiger partial charge in [0.15, 0.2) is 0 Å². The highest BCUT2D eigenvalue weighted by Crippen LogP contribution is 2.27. The third-order valence-electron chi connectivity index (χ3n) is 3.48. The summed E-state index contributed by atoms with van der Waals surface area (Å²) in [5.41, 5.74) is 0.876. The van der Waals surface area contributed by atoms with Gasteiger partial charge in [0.25, 0.3) is 0 Å². The molecule has 1 aromatic heterocycles. The molecule has 1 N–H and O–H groups in total. The van der Waals surface area contributed by atoms with Crippen molar-refractivity contribution in [2.75, 3.05) is 0 Å². The summed E-state index contributed by atoms with van der Waals surface area (Å²) in [5.74, 6) is 0.972. The van der Waals surface area contributed by atoms with Crippen LogP contribution in [-0.2, 0) is 6.54 Å². The molecule has 2 nitrogen and oxygen atoms in total. The first-order valence-corrected chi connectivity index (χ1v) is 6.61. The van der Waals surface area contributed by atoms with Crippen molar-refractivity contribution < 1.29 is 4.42 Å². The Bertz CT molecular complexity index is 514. The van der Waals surface area contributed by atoms with Gasteiger partial charge in [0.1, 0.15) is 11.3 Å². The average Bonchev–Trinajstić information content (AvgIpc) is 2.95. The van der Waals surface area contributed by atoms with Crippen LogP contribution in [0, 0.1) is 0 Å². The quantitative estimate of drug-likeness (QED) is 0.885. The van der Waals surface area contributed by atoms with Gasteiger partial charge < -0.3 is 9.73 Å². The largest absolute Gasteiger partial charge is 0.460 e. The first-order valence-electron chi connectivity index (χ1n) is 6.23. The zero-order valence-corrected chi connectivity index (χ0v) is 10.5. The van der Waals surface area contributed by atoms with Crippen molar-refractivity contribution in [1.82, 2.24) is 5.32 Å². The van der Waals surface area contributed by atoms with E-state index in [4.69, 9.17) is 16.0 Å². The molecule has 0 unspecified atom stereocenters. The number of fused-ring (bicyclic) bond motifs is 1. The minimum Gasteiger partial charge on any atom is -0.460 e. The van der Waals surface area contributed by atoms with Gasteiger partial charge in [-0.3, -0.25) is 0 Å². The van der Waals surface area contributed by atoms with E-state index in [-0.39, 0.29) is 0 Å². The highest BCUT2D eigenvalue weighted by molar-refractivity contribution is 6.35. The molecule has 0 radical (unpaired) electrons. The third kappa shape index (κ3) is 2.33. The lowest BCUT2D eigenvalue weighted by Gasteiger charge is -2.09. The van der Waals surface area contributed by atoms with Crippen LogP contribution in [-0.4, -0.2) is 6.04 Å². The van der Waals surface area contributed by atoms with Gasteiger partial charge in [-0.1, -0.05) is 30.5 Å². The Labute approximate surface area is 106 Å². The summed E-state index contributed by atoms with van der Waals surface area (Å²) >= 11 is 6.12. The van der Waals surface area contributed by atoms with E-state index in [9.17, 15) is 0 Å². The molecule has 3 rings (SSSR count). The molecule has 1 fully saturated rings. The topological polar surface area (TPSA) is 25.2 Å². The summed E-state index contributed by atoms with van der Waals surface area (Å²) in [6.07, 6.45) is 5.29. The first-order chi connectivity index (χ1) is 8.33. The van der Waals surface area contributed by atoms with E-state index in [1.54, 1.807) is 0 Å². The molecule has 0 atom stereocenters. The maximum absolute atomic E-state index is 6.12. The Hall–Kier alpha value is -0.990. The van der Waals surface area contributed by atoms with Crippen LogP contribution in [0.5, 0.6) is 0 Å². The molecule has 90 valence electrons. The molecule has 17 heavy (non-hydrogen) atoms. The fraction of sp³-hybridized carbons (Fsp3) is 0.429. The molecule has 0 amide bonds. The maximum atomic E-state index is 6.12. The second-order valence-electron chi connectivity index (χ2n) is 4.73. The second-order valence-corrected chi connectivity index (χ2v) is 5.13. The second kappa shape index (κ2) is 4.71. The molecule has 0 spiro atoms. The predicted octanol–water partition coefficient (Wildman–Crippen LogP) is 4.12. The Morgan fingerprint density at radius 3 is 2.88 bits per heavy atom. The van der Waals surface area contributed by atoms with E-state index in [1.165, 1.54) is 25.7 Å². The summed E-state index contributed by atoms with van der Waals surface area (Å²) in [5, 5.41) is 5.32. The molecule has 3 heteroatoms. The highest BCUT2D eigenvalue weighted by atomic mass is 35.5.